The Balaban J connectivity index is 2.54. The van der Waals surface area contributed by atoms with Gasteiger partial charge in [0, 0.05) is 33.1 Å². The van der Waals surface area contributed by atoms with Crippen LogP contribution < -0.4 is 5.32 Å². The van der Waals surface area contributed by atoms with Crippen molar-refractivity contribution < 1.29 is 4.79 Å². The molecule has 106 valence electrons. The molecule has 0 spiro atoms. The van der Waals surface area contributed by atoms with E-state index in [9.17, 15) is 4.79 Å². The summed E-state index contributed by atoms with van der Waals surface area (Å²) in [5.74, 6) is 0.797. The molecule has 1 N–H and O–H groups in total. The molecule has 0 aliphatic heterocycles. The summed E-state index contributed by atoms with van der Waals surface area (Å²) in [6, 6.07) is 10.8. The van der Waals surface area contributed by atoms with E-state index in [0.29, 0.717) is 18.4 Å². The van der Waals surface area contributed by atoms with Crippen molar-refractivity contribution >= 4 is 5.91 Å². The largest absolute Gasteiger partial charge is 0.349 e. The van der Waals surface area contributed by atoms with Crippen LogP contribution in [0.3, 0.4) is 0 Å². The molecule has 1 amide bonds. The number of hydrogen-bond donors (Lipinski definition) is 1. The van der Waals surface area contributed by atoms with Gasteiger partial charge in [-0.3, -0.25) is 4.79 Å². The van der Waals surface area contributed by atoms with Crippen LogP contribution in [0.4, 0.5) is 0 Å². The second-order valence-electron chi connectivity index (χ2n) is 5.59. The Morgan fingerprint density at radius 3 is 2.37 bits per heavy atom. The Morgan fingerprint density at radius 1 is 1.21 bits per heavy atom. The Bertz CT molecular complexity index is 374. The molecular formula is C16H26N2O. The third-order valence-electron chi connectivity index (χ3n) is 3.14. The summed E-state index contributed by atoms with van der Waals surface area (Å²) < 4.78 is 0. The maximum absolute atomic E-state index is 11.6. The van der Waals surface area contributed by atoms with Crippen molar-refractivity contribution in [2.45, 2.75) is 32.7 Å². The Morgan fingerprint density at radius 2 is 1.84 bits per heavy atom. The van der Waals surface area contributed by atoms with Gasteiger partial charge >= 0.3 is 0 Å². The van der Waals surface area contributed by atoms with Crippen molar-refractivity contribution in [1.82, 2.24) is 10.2 Å². The van der Waals surface area contributed by atoms with Crippen LogP contribution >= 0.6 is 0 Å². The highest BCUT2D eigenvalue weighted by molar-refractivity contribution is 5.75. The minimum Gasteiger partial charge on any atom is -0.349 e. The summed E-state index contributed by atoms with van der Waals surface area (Å²) in [6.07, 6.45) is 1.63. The van der Waals surface area contributed by atoms with Crippen LogP contribution in [-0.2, 0) is 4.79 Å². The first-order valence-electron chi connectivity index (χ1n) is 6.99. The van der Waals surface area contributed by atoms with Gasteiger partial charge in [0.25, 0.3) is 0 Å². The molecule has 1 atom stereocenters. The van der Waals surface area contributed by atoms with Crippen LogP contribution in [0.25, 0.3) is 0 Å². The molecule has 0 heterocycles. The van der Waals surface area contributed by atoms with Gasteiger partial charge in [-0.1, -0.05) is 44.2 Å². The summed E-state index contributed by atoms with van der Waals surface area (Å²) in [6.45, 7) is 5.18. The lowest BCUT2D eigenvalue weighted by molar-refractivity contribution is -0.128. The Hall–Kier alpha value is -1.35. The molecule has 0 saturated carbocycles. The molecule has 0 bridgehead atoms. The van der Waals surface area contributed by atoms with E-state index in [1.165, 1.54) is 5.56 Å². The van der Waals surface area contributed by atoms with Crippen LogP contribution in [0.1, 0.15) is 38.3 Å². The van der Waals surface area contributed by atoms with Gasteiger partial charge in [-0.25, -0.2) is 0 Å². The SMILES string of the molecule is CC(C)CC(NCCC(=O)N(C)C)c1ccccc1. The van der Waals surface area contributed by atoms with Crippen molar-refractivity contribution in [3.63, 3.8) is 0 Å². The molecule has 0 aromatic heterocycles. The van der Waals surface area contributed by atoms with Gasteiger partial charge in [0.15, 0.2) is 0 Å². The average Bonchev–Trinajstić information content (AvgIpc) is 2.37. The fourth-order valence-electron chi connectivity index (χ4n) is 2.07. The molecule has 0 saturated heterocycles. The normalized spacial score (nSPS) is 12.5. The predicted octanol–water partition coefficient (Wildman–Crippen LogP) is 2.84. The van der Waals surface area contributed by atoms with Crippen LogP contribution in [0, 0.1) is 5.92 Å². The lowest BCUT2D eigenvalue weighted by atomic mass is 9.97. The quantitative estimate of drug-likeness (QED) is 0.819. The smallest absolute Gasteiger partial charge is 0.223 e. The fourth-order valence-corrected chi connectivity index (χ4v) is 2.07. The zero-order valence-corrected chi connectivity index (χ0v) is 12.5. The second kappa shape index (κ2) is 7.95. The molecule has 0 radical (unpaired) electrons. The molecule has 0 aliphatic carbocycles. The maximum Gasteiger partial charge on any atom is 0.223 e. The van der Waals surface area contributed by atoms with Crippen LogP contribution in [0.5, 0.6) is 0 Å². The number of amides is 1. The minimum atomic E-state index is 0.170. The number of nitrogens with zero attached hydrogens (tertiary/aromatic N) is 1. The summed E-state index contributed by atoms with van der Waals surface area (Å²) in [4.78, 5) is 13.2. The van der Waals surface area contributed by atoms with E-state index in [2.05, 4.69) is 43.4 Å². The number of nitrogens with one attached hydrogen (secondary N) is 1. The minimum absolute atomic E-state index is 0.170. The van der Waals surface area contributed by atoms with Gasteiger partial charge in [0.1, 0.15) is 0 Å². The zero-order valence-electron chi connectivity index (χ0n) is 12.5. The molecule has 1 rings (SSSR count). The van der Waals surface area contributed by atoms with Crippen molar-refractivity contribution in [1.29, 1.82) is 0 Å². The van der Waals surface area contributed by atoms with E-state index >= 15 is 0 Å². The van der Waals surface area contributed by atoms with Crippen LogP contribution in [-0.4, -0.2) is 31.4 Å². The van der Waals surface area contributed by atoms with E-state index < -0.39 is 0 Å². The third kappa shape index (κ3) is 5.88. The number of benzene rings is 1. The molecular weight excluding hydrogens is 236 g/mol. The molecule has 0 aliphatic rings. The first-order chi connectivity index (χ1) is 9.00. The highest BCUT2D eigenvalue weighted by atomic mass is 16.2. The Labute approximate surface area is 117 Å². The van der Waals surface area contributed by atoms with Crippen molar-refractivity contribution in [3.05, 3.63) is 35.9 Å². The monoisotopic (exact) mass is 262 g/mol. The molecule has 1 aromatic rings. The van der Waals surface area contributed by atoms with Gasteiger partial charge in [0.2, 0.25) is 5.91 Å². The van der Waals surface area contributed by atoms with Gasteiger partial charge < -0.3 is 10.2 Å². The number of hydrogen-bond acceptors (Lipinski definition) is 2. The van der Waals surface area contributed by atoms with Crippen molar-refractivity contribution in [2.75, 3.05) is 20.6 Å². The standard InChI is InChI=1S/C16H26N2O/c1-13(2)12-15(14-8-6-5-7-9-14)17-11-10-16(19)18(3)4/h5-9,13,15,17H,10-12H2,1-4H3. The highest BCUT2D eigenvalue weighted by Gasteiger charge is 2.13. The number of carbonyl (C=O) groups is 1. The predicted molar refractivity (Wildman–Crippen MR) is 80.0 cm³/mol. The Kier molecular flexibility index (Phi) is 6.57. The first-order valence-corrected chi connectivity index (χ1v) is 6.99. The summed E-state index contributed by atoms with van der Waals surface area (Å²) in [5, 5.41) is 3.51. The highest BCUT2D eigenvalue weighted by Crippen LogP contribution is 2.20. The third-order valence-corrected chi connectivity index (χ3v) is 3.14. The van der Waals surface area contributed by atoms with Crippen molar-refractivity contribution in [2.24, 2.45) is 5.92 Å². The zero-order chi connectivity index (χ0) is 14.3. The molecule has 1 unspecified atom stereocenters. The molecule has 3 nitrogen and oxygen atoms in total. The fraction of sp³-hybridized carbons (Fsp3) is 0.562. The maximum atomic E-state index is 11.6. The van der Waals surface area contributed by atoms with Crippen LogP contribution in [0.15, 0.2) is 30.3 Å². The van der Waals surface area contributed by atoms with E-state index in [1.807, 2.05) is 6.07 Å². The lowest BCUT2D eigenvalue weighted by Gasteiger charge is -2.21. The topological polar surface area (TPSA) is 32.3 Å². The summed E-state index contributed by atoms with van der Waals surface area (Å²) in [7, 11) is 3.59. The first kappa shape index (κ1) is 15.7. The van der Waals surface area contributed by atoms with Gasteiger partial charge in [-0.15, -0.1) is 0 Å². The molecule has 3 heteroatoms. The van der Waals surface area contributed by atoms with E-state index in [-0.39, 0.29) is 5.91 Å². The summed E-state index contributed by atoms with van der Waals surface area (Å²) >= 11 is 0. The van der Waals surface area contributed by atoms with Crippen LogP contribution in [0.2, 0.25) is 0 Å². The number of carbonyl (C=O) groups excluding carboxylic acids is 1. The van der Waals surface area contributed by atoms with Gasteiger partial charge in [0.05, 0.1) is 0 Å². The van der Waals surface area contributed by atoms with E-state index in [4.69, 9.17) is 0 Å². The van der Waals surface area contributed by atoms with Gasteiger partial charge in [-0.2, -0.15) is 0 Å². The number of rotatable bonds is 7. The summed E-state index contributed by atoms with van der Waals surface area (Å²) in [5.41, 5.74) is 1.30. The van der Waals surface area contributed by atoms with E-state index in [0.717, 1.165) is 13.0 Å². The average molecular weight is 262 g/mol. The second-order valence-corrected chi connectivity index (χ2v) is 5.59. The van der Waals surface area contributed by atoms with E-state index in [1.54, 1.807) is 19.0 Å². The molecule has 1 aromatic carbocycles. The van der Waals surface area contributed by atoms with Crippen molar-refractivity contribution in [3.8, 4) is 0 Å². The molecule has 0 fully saturated rings. The van der Waals surface area contributed by atoms with Gasteiger partial charge in [-0.05, 0) is 17.9 Å². The molecule has 19 heavy (non-hydrogen) atoms. The lowest BCUT2D eigenvalue weighted by Crippen LogP contribution is -2.29.